The Morgan fingerprint density at radius 2 is 1.00 bits per heavy atom. The molecule has 5 heavy (non-hydrogen) atoms. The van der Waals surface area contributed by atoms with Gasteiger partial charge in [-0.2, -0.15) is 0 Å². The largest absolute Gasteiger partial charge is 1.04 e. The maximum Gasteiger partial charge on any atom is 1.04 e. The molecule has 0 aromatic heterocycles. The second kappa shape index (κ2) is 5.04. The summed E-state index contributed by atoms with van der Waals surface area (Å²) < 4.78 is 29.4. The summed E-state index contributed by atoms with van der Waals surface area (Å²) in [6.45, 7) is 0. The topological polar surface area (TPSA) is 0 Å². The van der Waals surface area contributed by atoms with Crippen LogP contribution in [0.15, 0.2) is 0 Å². The molecule has 0 amide bonds. The molecule has 0 nitrogen and oxygen atoms in total. The molecule has 0 fully saturated rings. The van der Waals surface area contributed by atoms with Crippen LogP contribution >= 0.6 is 0 Å². The summed E-state index contributed by atoms with van der Waals surface area (Å²) in [6.07, 6.45) is 0. The molecule has 28 valence electrons. The van der Waals surface area contributed by atoms with Gasteiger partial charge in [-0.25, -0.2) is 0 Å². The molecule has 0 aromatic carbocycles. The van der Waals surface area contributed by atoms with E-state index in [1.54, 1.807) is 0 Å². The Morgan fingerprint density at radius 1 is 1.00 bits per heavy atom. The van der Waals surface area contributed by atoms with Gasteiger partial charge in [0.2, 0.25) is 0 Å². The molecule has 0 unspecified atom stereocenters. The molecule has 0 aliphatic heterocycles. The molecule has 0 atom stereocenters. The Balaban J connectivity index is 0. The Labute approximate surface area is 48.1 Å². The number of rotatable bonds is 0. The predicted octanol–water partition coefficient (Wildman–Crippen LogP) is 0.877. The fourth-order valence-corrected chi connectivity index (χ4v) is 0. The molecule has 0 N–H and O–H groups in total. The van der Waals surface area contributed by atoms with Gasteiger partial charge in [0, 0.05) is 21.7 Å². The zero-order valence-electron chi connectivity index (χ0n) is 2.21. The van der Waals surface area contributed by atoms with Crippen molar-refractivity contribution in [3.8, 4) is 0 Å². The number of halogens is 3. The Bertz CT molecular complexity index is 11.6. The van der Waals surface area contributed by atoms with Crippen molar-refractivity contribution in [1.29, 1.82) is 0 Å². The van der Waals surface area contributed by atoms with Gasteiger partial charge in [0.1, 0.15) is 0 Å². The van der Waals surface area contributed by atoms with Crippen LogP contribution in [-0.4, -0.2) is 15.5 Å². The van der Waals surface area contributed by atoms with Crippen molar-refractivity contribution in [3.05, 3.63) is 0 Å². The fraction of sp³-hybridized carbons (Fsp3) is 0. The third-order valence-corrected chi connectivity index (χ3v) is 0. The van der Waals surface area contributed by atoms with Crippen LogP contribution in [0.5, 0.6) is 0 Å². The molecule has 0 aliphatic carbocycles. The Morgan fingerprint density at radius 3 is 1.00 bits per heavy atom. The van der Waals surface area contributed by atoms with Crippen molar-refractivity contribution in [2.24, 2.45) is 0 Å². The predicted molar refractivity (Wildman–Crippen MR) is 9.08 cm³/mol. The van der Waals surface area contributed by atoms with Gasteiger partial charge in [0.05, 0.1) is 0 Å². The summed E-state index contributed by atoms with van der Waals surface area (Å²) in [5.41, 5.74) is 0. The van der Waals surface area contributed by atoms with Crippen molar-refractivity contribution in [2.75, 3.05) is 0 Å². The number of hydrogen-bond acceptors (Lipinski definition) is 0. The summed E-state index contributed by atoms with van der Waals surface area (Å²) in [4.78, 5) is 0. The van der Waals surface area contributed by atoms with Crippen molar-refractivity contribution >= 4 is 15.5 Å². The van der Waals surface area contributed by atoms with Crippen molar-refractivity contribution in [3.63, 3.8) is 0 Å². The van der Waals surface area contributed by atoms with Crippen LogP contribution in [0, 0.1) is 0 Å². The quantitative estimate of drug-likeness (QED) is 0.429. The number of hydrogen-bond donors (Lipinski definition) is 0. The smallest absolute Gasteiger partial charge is 0.346 e. The van der Waals surface area contributed by atoms with E-state index in [2.05, 4.69) is 0 Å². The SMILES string of the molecule is [F][Al]([F])[F].[Ti]. The third-order valence-electron chi connectivity index (χ3n) is 0. The van der Waals surface area contributed by atoms with Crippen LogP contribution in [0.4, 0.5) is 10.6 Å². The van der Waals surface area contributed by atoms with Crippen LogP contribution in [0.2, 0.25) is 0 Å². The first-order chi connectivity index (χ1) is 1.73. The molecule has 0 saturated carbocycles. The van der Waals surface area contributed by atoms with Crippen LogP contribution in [0.1, 0.15) is 0 Å². The molecule has 0 bridgehead atoms. The Hall–Kier alpha value is 1.04. The van der Waals surface area contributed by atoms with E-state index in [1.807, 2.05) is 0 Å². The minimum absolute atomic E-state index is 0. The van der Waals surface area contributed by atoms with Gasteiger partial charge in [-0.3, -0.25) is 0 Å². The Kier molecular flexibility index (Phi) is 9.47. The van der Waals surface area contributed by atoms with E-state index in [1.165, 1.54) is 0 Å². The van der Waals surface area contributed by atoms with E-state index in [9.17, 15) is 10.6 Å². The van der Waals surface area contributed by atoms with Crippen molar-refractivity contribution in [2.45, 2.75) is 0 Å². The molecule has 0 radical (unpaired) electrons. The third kappa shape index (κ3) is 43.2. The molecule has 0 heterocycles. The standard InChI is InChI=1S/Al.3FH.Ti/h;3*1H;/q+3;;;;/p-3. The first-order valence-corrected chi connectivity index (χ1v) is 1.96. The van der Waals surface area contributed by atoms with E-state index in [0.29, 0.717) is 0 Å². The van der Waals surface area contributed by atoms with Gasteiger partial charge in [0.25, 0.3) is 0 Å². The summed E-state index contributed by atoms with van der Waals surface area (Å²) in [5.74, 6) is 0. The molecule has 5 heteroatoms. The molecular formula is AlF3Ti. The molecule has 0 saturated heterocycles. The first-order valence-electron chi connectivity index (χ1n) is 0.655. The van der Waals surface area contributed by atoms with E-state index < -0.39 is 15.5 Å². The molecule has 0 spiro atoms. The summed E-state index contributed by atoms with van der Waals surface area (Å²) in [7, 11) is 0. The first kappa shape index (κ1) is 9.40. The maximum atomic E-state index is 9.81. The van der Waals surface area contributed by atoms with Gasteiger partial charge < -0.3 is 10.6 Å². The van der Waals surface area contributed by atoms with Crippen LogP contribution in [-0.2, 0) is 21.7 Å². The average Bonchev–Trinajstić information content (AvgIpc) is 0.811. The van der Waals surface area contributed by atoms with Gasteiger partial charge in [-0.15, -0.1) is 0 Å². The van der Waals surface area contributed by atoms with E-state index in [4.69, 9.17) is 0 Å². The summed E-state index contributed by atoms with van der Waals surface area (Å²) in [6, 6.07) is 0. The second-order valence-electron chi connectivity index (χ2n) is 0.247. The zero-order chi connectivity index (χ0) is 3.58. The van der Waals surface area contributed by atoms with Gasteiger partial charge in [0.15, 0.2) is 0 Å². The van der Waals surface area contributed by atoms with Gasteiger partial charge in [-0.05, 0) is 0 Å². The van der Waals surface area contributed by atoms with E-state index >= 15 is 0 Å². The molecular weight excluding hydrogens is 132 g/mol. The maximum absolute atomic E-state index is 9.81. The minimum atomic E-state index is -4.64. The van der Waals surface area contributed by atoms with E-state index in [-0.39, 0.29) is 21.7 Å². The molecule has 0 aromatic rings. The normalized spacial score (nSPS) is 5.40. The fourth-order valence-electron chi connectivity index (χ4n) is 0. The van der Waals surface area contributed by atoms with E-state index in [0.717, 1.165) is 0 Å². The van der Waals surface area contributed by atoms with Crippen LogP contribution in [0.3, 0.4) is 0 Å². The summed E-state index contributed by atoms with van der Waals surface area (Å²) >= 11 is -4.64. The van der Waals surface area contributed by atoms with Gasteiger partial charge in [-0.1, -0.05) is 0 Å². The zero-order valence-corrected chi connectivity index (χ0v) is 4.93. The molecule has 0 rings (SSSR count). The van der Waals surface area contributed by atoms with Crippen LogP contribution in [0.25, 0.3) is 0 Å². The van der Waals surface area contributed by atoms with Crippen molar-refractivity contribution < 1.29 is 32.3 Å². The second-order valence-corrected chi connectivity index (χ2v) is 0.742. The van der Waals surface area contributed by atoms with Crippen molar-refractivity contribution in [1.82, 2.24) is 0 Å². The molecule has 0 aliphatic rings. The minimum Gasteiger partial charge on any atom is -0.346 e. The van der Waals surface area contributed by atoms with Gasteiger partial charge >= 0.3 is 15.5 Å². The monoisotopic (exact) mass is 132 g/mol. The van der Waals surface area contributed by atoms with Crippen LogP contribution < -0.4 is 0 Å². The summed E-state index contributed by atoms with van der Waals surface area (Å²) in [5, 5.41) is 0. The average molecular weight is 132 g/mol.